The summed E-state index contributed by atoms with van der Waals surface area (Å²) < 4.78 is 0. The number of hydrogen-bond donors (Lipinski definition) is 1. The Morgan fingerprint density at radius 1 is 1.27 bits per heavy atom. The van der Waals surface area contributed by atoms with Crippen LogP contribution in [0.2, 0.25) is 5.02 Å². The van der Waals surface area contributed by atoms with E-state index >= 15 is 0 Å². The first-order chi connectivity index (χ1) is 10.6. The summed E-state index contributed by atoms with van der Waals surface area (Å²) in [6.07, 6.45) is 1.07. The van der Waals surface area contributed by atoms with Gasteiger partial charge in [-0.3, -0.25) is 4.79 Å². The minimum atomic E-state index is -0.0767. The summed E-state index contributed by atoms with van der Waals surface area (Å²) in [5.41, 5.74) is 2.66. The smallest absolute Gasteiger partial charge is 0.220 e. The van der Waals surface area contributed by atoms with Crippen molar-refractivity contribution in [1.82, 2.24) is 5.32 Å². The van der Waals surface area contributed by atoms with E-state index in [0.717, 1.165) is 11.1 Å². The predicted octanol–water partition coefficient (Wildman–Crippen LogP) is 4.02. The summed E-state index contributed by atoms with van der Waals surface area (Å²) in [6.45, 7) is 1.94. The lowest BCUT2D eigenvalue weighted by Gasteiger charge is -2.14. The maximum absolute atomic E-state index is 12.0. The number of hydrogen-bond acceptors (Lipinski definition) is 2. The minimum absolute atomic E-state index is 0.00293. The average molecular weight is 313 g/mol. The number of carbonyl (C=O) groups excluding carboxylic acids is 1. The molecule has 0 bridgehead atoms. The molecular weight excluding hydrogens is 296 g/mol. The number of benzene rings is 2. The quantitative estimate of drug-likeness (QED) is 0.906. The molecule has 1 N–H and O–H groups in total. The Kier molecular flexibility index (Phi) is 5.57. The highest BCUT2D eigenvalue weighted by molar-refractivity contribution is 6.30. The molecule has 2 aromatic carbocycles. The fourth-order valence-electron chi connectivity index (χ4n) is 2.18. The highest BCUT2D eigenvalue weighted by atomic mass is 35.5. The van der Waals surface area contributed by atoms with Gasteiger partial charge >= 0.3 is 0 Å². The molecule has 112 valence electrons. The van der Waals surface area contributed by atoms with Gasteiger partial charge in [-0.25, -0.2) is 0 Å². The first kappa shape index (κ1) is 16.1. The molecule has 0 aliphatic rings. The molecule has 0 spiro atoms. The Balaban J connectivity index is 1.86. The summed E-state index contributed by atoms with van der Waals surface area (Å²) in [5, 5.41) is 12.4. The van der Waals surface area contributed by atoms with Crippen molar-refractivity contribution in [3.63, 3.8) is 0 Å². The molecule has 4 heteroatoms. The second kappa shape index (κ2) is 7.63. The van der Waals surface area contributed by atoms with E-state index in [-0.39, 0.29) is 11.9 Å². The Bertz CT molecular complexity index is 689. The van der Waals surface area contributed by atoms with Gasteiger partial charge < -0.3 is 5.32 Å². The maximum Gasteiger partial charge on any atom is 0.220 e. The van der Waals surface area contributed by atoms with Crippen molar-refractivity contribution in [1.29, 1.82) is 5.26 Å². The van der Waals surface area contributed by atoms with Gasteiger partial charge in [-0.1, -0.05) is 35.9 Å². The number of amides is 1. The third-order valence-electron chi connectivity index (χ3n) is 3.45. The van der Waals surface area contributed by atoms with Crippen LogP contribution in [-0.4, -0.2) is 5.91 Å². The molecule has 0 aliphatic heterocycles. The Labute approximate surface area is 135 Å². The third-order valence-corrected chi connectivity index (χ3v) is 3.69. The topological polar surface area (TPSA) is 52.9 Å². The SMILES string of the molecule is CC(NC(=O)CCc1ccc(C#N)cc1)c1cccc(Cl)c1. The molecule has 0 fully saturated rings. The van der Waals surface area contributed by atoms with E-state index in [4.69, 9.17) is 16.9 Å². The van der Waals surface area contributed by atoms with Gasteiger partial charge in [0.2, 0.25) is 5.91 Å². The molecular formula is C18H17ClN2O. The van der Waals surface area contributed by atoms with Gasteiger partial charge in [0.05, 0.1) is 17.7 Å². The van der Waals surface area contributed by atoms with E-state index in [1.807, 2.05) is 43.3 Å². The fourth-order valence-corrected chi connectivity index (χ4v) is 2.38. The number of halogens is 1. The van der Waals surface area contributed by atoms with Crippen molar-refractivity contribution in [2.24, 2.45) is 0 Å². The van der Waals surface area contributed by atoms with Crippen molar-refractivity contribution in [2.45, 2.75) is 25.8 Å². The van der Waals surface area contributed by atoms with Crippen LogP contribution in [-0.2, 0) is 11.2 Å². The van der Waals surface area contributed by atoms with E-state index in [2.05, 4.69) is 11.4 Å². The molecule has 0 aromatic heterocycles. The molecule has 0 saturated carbocycles. The molecule has 0 aliphatic carbocycles. The largest absolute Gasteiger partial charge is 0.350 e. The van der Waals surface area contributed by atoms with Crippen molar-refractivity contribution in [3.8, 4) is 6.07 Å². The lowest BCUT2D eigenvalue weighted by atomic mass is 10.1. The second-order valence-corrected chi connectivity index (χ2v) is 5.59. The Morgan fingerprint density at radius 2 is 2.00 bits per heavy atom. The zero-order valence-electron chi connectivity index (χ0n) is 12.3. The zero-order valence-corrected chi connectivity index (χ0v) is 13.1. The van der Waals surface area contributed by atoms with Crippen LogP contribution in [0, 0.1) is 11.3 Å². The van der Waals surface area contributed by atoms with E-state index in [9.17, 15) is 4.79 Å². The molecule has 2 aromatic rings. The lowest BCUT2D eigenvalue weighted by Crippen LogP contribution is -2.26. The van der Waals surface area contributed by atoms with E-state index in [1.54, 1.807) is 12.1 Å². The number of carbonyl (C=O) groups is 1. The van der Waals surface area contributed by atoms with E-state index < -0.39 is 0 Å². The van der Waals surface area contributed by atoms with Crippen LogP contribution in [0.5, 0.6) is 0 Å². The standard InChI is InChI=1S/C18H17ClN2O/c1-13(16-3-2-4-17(19)11-16)21-18(22)10-9-14-5-7-15(12-20)8-6-14/h2-8,11,13H,9-10H2,1H3,(H,21,22). The molecule has 1 unspecified atom stereocenters. The highest BCUT2D eigenvalue weighted by Gasteiger charge is 2.10. The highest BCUT2D eigenvalue weighted by Crippen LogP contribution is 2.17. The molecule has 22 heavy (non-hydrogen) atoms. The first-order valence-corrected chi connectivity index (χ1v) is 7.50. The summed E-state index contributed by atoms with van der Waals surface area (Å²) in [5.74, 6) is -0.00293. The van der Waals surface area contributed by atoms with Gasteiger partial charge in [-0.2, -0.15) is 5.26 Å². The Morgan fingerprint density at radius 3 is 2.64 bits per heavy atom. The number of nitrogens with zero attached hydrogens (tertiary/aromatic N) is 1. The van der Waals surface area contributed by atoms with Crippen LogP contribution >= 0.6 is 11.6 Å². The molecule has 1 atom stereocenters. The van der Waals surface area contributed by atoms with Gasteiger partial charge in [0.25, 0.3) is 0 Å². The minimum Gasteiger partial charge on any atom is -0.350 e. The lowest BCUT2D eigenvalue weighted by molar-refractivity contribution is -0.121. The summed E-state index contributed by atoms with van der Waals surface area (Å²) in [4.78, 5) is 12.0. The monoisotopic (exact) mass is 312 g/mol. The number of nitriles is 1. The molecule has 3 nitrogen and oxygen atoms in total. The molecule has 1 amide bonds. The van der Waals surface area contributed by atoms with E-state index in [1.165, 1.54) is 0 Å². The number of nitrogens with one attached hydrogen (secondary N) is 1. The van der Waals surface area contributed by atoms with Gasteiger partial charge in [-0.15, -0.1) is 0 Å². The summed E-state index contributed by atoms with van der Waals surface area (Å²) in [7, 11) is 0. The van der Waals surface area contributed by atoms with Crippen LogP contribution in [0.1, 0.15) is 36.1 Å². The van der Waals surface area contributed by atoms with Gasteiger partial charge in [0.1, 0.15) is 0 Å². The van der Waals surface area contributed by atoms with Crippen molar-refractivity contribution in [3.05, 3.63) is 70.2 Å². The molecule has 0 heterocycles. The molecule has 0 radical (unpaired) electrons. The normalized spacial score (nSPS) is 11.5. The average Bonchev–Trinajstić information content (AvgIpc) is 2.53. The predicted molar refractivity (Wildman–Crippen MR) is 87.5 cm³/mol. The summed E-state index contributed by atoms with van der Waals surface area (Å²) >= 11 is 5.96. The van der Waals surface area contributed by atoms with Gasteiger partial charge in [0.15, 0.2) is 0 Å². The molecule has 0 saturated heterocycles. The molecule has 2 rings (SSSR count). The number of aryl methyl sites for hydroxylation is 1. The number of rotatable bonds is 5. The third kappa shape index (κ3) is 4.61. The van der Waals surface area contributed by atoms with Crippen LogP contribution in [0.4, 0.5) is 0 Å². The van der Waals surface area contributed by atoms with Crippen LogP contribution < -0.4 is 5.32 Å². The first-order valence-electron chi connectivity index (χ1n) is 7.12. The zero-order chi connectivity index (χ0) is 15.9. The van der Waals surface area contributed by atoms with Crippen molar-refractivity contribution in [2.75, 3.05) is 0 Å². The second-order valence-electron chi connectivity index (χ2n) is 5.15. The van der Waals surface area contributed by atoms with Gasteiger partial charge in [-0.05, 0) is 48.7 Å². The van der Waals surface area contributed by atoms with E-state index in [0.29, 0.717) is 23.4 Å². The summed E-state index contributed by atoms with van der Waals surface area (Å²) in [6, 6.07) is 16.8. The van der Waals surface area contributed by atoms with Crippen molar-refractivity contribution >= 4 is 17.5 Å². The fraction of sp³-hybridized carbons (Fsp3) is 0.222. The van der Waals surface area contributed by atoms with Crippen LogP contribution in [0.25, 0.3) is 0 Å². The van der Waals surface area contributed by atoms with Crippen LogP contribution in [0.3, 0.4) is 0 Å². The Hall–Kier alpha value is -2.31. The van der Waals surface area contributed by atoms with Crippen molar-refractivity contribution < 1.29 is 4.79 Å². The van der Waals surface area contributed by atoms with Crippen LogP contribution in [0.15, 0.2) is 48.5 Å². The van der Waals surface area contributed by atoms with Gasteiger partial charge in [0, 0.05) is 11.4 Å². The maximum atomic E-state index is 12.0.